The lowest BCUT2D eigenvalue weighted by Crippen LogP contribution is -2.67. The Morgan fingerprint density at radius 3 is 1.67 bits per heavy atom. The van der Waals surface area contributed by atoms with Gasteiger partial charge in [-0.05, 0) is 111 Å². The number of hydrogen-bond acceptors (Lipinski definition) is 28. The van der Waals surface area contributed by atoms with Gasteiger partial charge >= 0.3 is 11.9 Å². The van der Waals surface area contributed by atoms with E-state index in [2.05, 4.69) is 40.7 Å². The van der Waals surface area contributed by atoms with E-state index >= 15 is 4.79 Å². The highest BCUT2D eigenvalue weighted by molar-refractivity contribution is 5.79. The molecule has 0 aromatic carbocycles. The monoisotopic (exact) mass is 1270 g/mol. The molecular weight excluding hydrogens is 1170 g/mol. The molecule has 5 aliphatic carbocycles. The van der Waals surface area contributed by atoms with Crippen molar-refractivity contribution in [3.05, 3.63) is 11.6 Å². The van der Waals surface area contributed by atoms with Crippen LogP contribution in [-0.4, -0.2) is 285 Å². The minimum atomic E-state index is -2.11. The Kier molecular flexibility index (Phi) is 19.8. The van der Waals surface area contributed by atoms with Crippen LogP contribution in [0.15, 0.2) is 11.6 Å². The first-order chi connectivity index (χ1) is 41.3. The Hall–Kier alpha value is -2.32. The molecule has 17 N–H and O–H groups in total. The summed E-state index contributed by atoms with van der Waals surface area (Å²) in [4.78, 5) is 29.4. The number of aliphatic hydroxyl groups is 16. The maximum atomic E-state index is 15.7. The van der Waals surface area contributed by atoms with Gasteiger partial charge in [-0.1, -0.05) is 46.3 Å². The molecule has 33 atom stereocenters. The molecule has 29 heteroatoms. The van der Waals surface area contributed by atoms with E-state index < -0.39 is 231 Å². The van der Waals surface area contributed by atoms with Crippen molar-refractivity contribution in [2.45, 2.75) is 259 Å². The molecule has 0 unspecified atom stereocenters. The predicted octanol–water partition coefficient (Wildman–Crippen LogP) is -4.51. The molecule has 10 aliphatic rings. The second-order valence-electron chi connectivity index (χ2n) is 28.4. The van der Waals surface area contributed by atoms with E-state index in [1.54, 1.807) is 6.92 Å². The van der Waals surface area contributed by atoms with Crippen LogP contribution in [0, 0.1) is 50.2 Å². The van der Waals surface area contributed by atoms with Gasteiger partial charge in [-0.2, -0.15) is 0 Å². The van der Waals surface area contributed by atoms with Gasteiger partial charge in [0.15, 0.2) is 25.2 Å². The number of aliphatic carboxylic acids is 1. The van der Waals surface area contributed by atoms with Crippen LogP contribution in [0.5, 0.6) is 0 Å². The fraction of sp³-hybridized carbons (Fsp3) is 0.932. The van der Waals surface area contributed by atoms with Gasteiger partial charge in [0.2, 0.25) is 6.29 Å². The number of hydrogen-bond donors (Lipinski definition) is 17. The number of carboxylic acid groups (broad SMARTS) is 1. The topological polar surface area (TPSA) is 470 Å². The van der Waals surface area contributed by atoms with Gasteiger partial charge in [0.25, 0.3) is 0 Å². The lowest BCUT2D eigenvalue weighted by atomic mass is 9.33. The van der Waals surface area contributed by atoms with E-state index in [1.165, 1.54) is 0 Å². The van der Waals surface area contributed by atoms with Crippen LogP contribution in [0.25, 0.3) is 0 Å². The van der Waals surface area contributed by atoms with Crippen molar-refractivity contribution in [1.82, 2.24) is 0 Å². The lowest BCUT2D eigenvalue weighted by Gasteiger charge is -2.71. The molecule has 504 valence electrons. The first-order valence-corrected chi connectivity index (χ1v) is 30.9. The molecule has 0 radical (unpaired) electrons. The van der Waals surface area contributed by atoms with Crippen LogP contribution < -0.4 is 0 Å². The minimum absolute atomic E-state index is 0.0508. The normalized spacial score (nSPS) is 53.7. The number of fused-ring (bicyclic) bond motifs is 7. The Bertz CT molecular complexity index is 2490. The van der Waals surface area contributed by atoms with Crippen molar-refractivity contribution in [2.24, 2.45) is 50.2 Å². The summed E-state index contributed by atoms with van der Waals surface area (Å²) in [6.07, 6.45) is -37.3. The fourth-order valence-electron chi connectivity index (χ4n) is 17.5. The van der Waals surface area contributed by atoms with Crippen molar-refractivity contribution < 1.29 is 144 Å². The van der Waals surface area contributed by atoms with Gasteiger partial charge in [-0.3, -0.25) is 9.59 Å². The maximum absolute atomic E-state index is 15.7. The number of carbonyl (C=O) groups excluding carboxylic acids is 1. The van der Waals surface area contributed by atoms with Crippen LogP contribution in [0.4, 0.5) is 0 Å². The highest BCUT2D eigenvalue weighted by Gasteiger charge is 2.72. The maximum Gasteiger partial charge on any atom is 0.315 e. The van der Waals surface area contributed by atoms with Crippen LogP contribution in [0.1, 0.15) is 106 Å². The second-order valence-corrected chi connectivity index (χ2v) is 28.4. The summed E-state index contributed by atoms with van der Waals surface area (Å²) in [5.41, 5.74) is -3.46. The highest BCUT2D eigenvalue weighted by Crippen LogP contribution is 2.76. The molecule has 0 aromatic heterocycles. The van der Waals surface area contributed by atoms with E-state index in [4.69, 9.17) is 47.4 Å². The van der Waals surface area contributed by atoms with Crippen LogP contribution in [0.3, 0.4) is 0 Å². The standard InChI is InChI=1S/C59H94O29/c1-54(2)13-15-59(16-14-56(4)23(24(59)17-54)7-8-30-55(3)11-10-32(85-47-41(72)33(64)25(63)21-79-47)58(6,52(76)77)31(55)9-12-57(30,56)5)53(78)88-50-44(75)45(86-48-42(73)38(69)34(65)26(18-60)81-48)37(68)29(84-50)22-80-51-46(40(71)36(67)28(20-62)83-51)87-49-43(74)39(70)35(66)27(19-61)82-49/h7,24-51,60-75H,8-22H2,1-6H3,(H,76,77)/t24-,25+,26+,27+,28+,29+,30+,31+,32-,33-,34+,35+,36+,37+,38-,39-,40-,41+,42+,43+,44+,45-,46+,47-,48-,49-,50-,51+,55+,56+,57+,58-,59-/m0/s1. The van der Waals surface area contributed by atoms with E-state index in [0.717, 1.165) is 5.57 Å². The van der Waals surface area contributed by atoms with Gasteiger partial charge in [0, 0.05) is 0 Å². The average Bonchev–Trinajstić information content (AvgIpc) is 0.694. The highest BCUT2D eigenvalue weighted by atomic mass is 16.8. The molecule has 5 heterocycles. The van der Waals surface area contributed by atoms with E-state index in [-0.39, 0.29) is 17.9 Å². The number of aliphatic hydroxyl groups excluding tert-OH is 16. The molecule has 29 nitrogen and oxygen atoms in total. The number of carboxylic acids is 1. The summed E-state index contributed by atoms with van der Waals surface area (Å²) >= 11 is 0. The molecule has 4 saturated carbocycles. The number of carbonyl (C=O) groups is 2. The minimum Gasteiger partial charge on any atom is -0.481 e. The third-order valence-electron chi connectivity index (χ3n) is 23.3. The summed E-state index contributed by atoms with van der Waals surface area (Å²) in [7, 11) is 0. The van der Waals surface area contributed by atoms with Crippen molar-refractivity contribution in [3.8, 4) is 0 Å². The number of allylic oxidation sites excluding steroid dienone is 2. The zero-order valence-corrected chi connectivity index (χ0v) is 50.4. The Morgan fingerprint density at radius 2 is 1.08 bits per heavy atom. The average molecular weight is 1270 g/mol. The molecule has 88 heavy (non-hydrogen) atoms. The largest absolute Gasteiger partial charge is 0.481 e. The van der Waals surface area contributed by atoms with E-state index in [9.17, 15) is 91.6 Å². The summed E-state index contributed by atoms with van der Waals surface area (Å²) in [5.74, 6) is -2.72. The summed E-state index contributed by atoms with van der Waals surface area (Å²) in [6, 6.07) is 0. The van der Waals surface area contributed by atoms with E-state index in [0.29, 0.717) is 64.2 Å². The van der Waals surface area contributed by atoms with Crippen molar-refractivity contribution in [3.63, 3.8) is 0 Å². The molecule has 9 fully saturated rings. The zero-order valence-electron chi connectivity index (χ0n) is 50.4. The molecule has 5 saturated heterocycles. The van der Waals surface area contributed by atoms with Gasteiger partial charge in [-0.15, -0.1) is 0 Å². The summed E-state index contributed by atoms with van der Waals surface area (Å²) in [5, 5.41) is 183. The number of ether oxygens (including phenoxy) is 10. The van der Waals surface area contributed by atoms with Crippen molar-refractivity contribution >= 4 is 11.9 Å². The predicted molar refractivity (Wildman–Crippen MR) is 291 cm³/mol. The van der Waals surface area contributed by atoms with Gasteiger partial charge < -0.3 is 134 Å². The third kappa shape index (κ3) is 11.3. The Balaban J connectivity index is 0.931. The summed E-state index contributed by atoms with van der Waals surface area (Å²) in [6.45, 7) is 8.83. The SMILES string of the molecule is CC1(C)CC[C@]2(C(=O)O[C@@H]3O[C@H](CO[C@@H]4O[C@H](CO)[C@@H](O)[C@H](O)[C@H]4O[C@@H]4O[C@H](CO)[C@@H](O)[C@H](O)[C@H]4O)[C@@H](O)[C@H](O[C@@H]4O[C@H](CO)[C@@H](O)[C@H](O)[C@H]4O)[C@H]3O)CC[C@]3(C)C(=CC[C@@H]4[C@@]5(C)CC[C@H](O[C@@H]6OC[C@@H](O)[C@H](O)[C@H]6O)[C@@](C)(C(=O)O)[C@@H]5CC[C@]43C)[C@@H]2C1. The fourth-order valence-corrected chi connectivity index (χ4v) is 17.5. The van der Waals surface area contributed by atoms with E-state index in [1.807, 2.05) is 0 Å². The molecule has 10 rings (SSSR count). The molecule has 5 aliphatic heterocycles. The molecular formula is C59H94O29. The van der Waals surface area contributed by atoms with Gasteiger partial charge in [-0.25, -0.2) is 0 Å². The third-order valence-corrected chi connectivity index (χ3v) is 23.3. The van der Waals surface area contributed by atoms with Crippen molar-refractivity contribution in [1.29, 1.82) is 0 Å². The van der Waals surface area contributed by atoms with Crippen molar-refractivity contribution in [2.75, 3.05) is 33.0 Å². The molecule has 0 aromatic rings. The quantitative estimate of drug-likeness (QED) is 0.0417. The smallest absolute Gasteiger partial charge is 0.315 e. The van der Waals surface area contributed by atoms with Gasteiger partial charge in [0.05, 0.1) is 50.0 Å². The zero-order chi connectivity index (χ0) is 64.3. The second kappa shape index (κ2) is 25.4. The molecule has 0 spiro atoms. The first-order valence-electron chi connectivity index (χ1n) is 30.9. The van der Waals surface area contributed by atoms with Crippen LogP contribution >= 0.6 is 0 Å². The molecule has 0 bridgehead atoms. The first kappa shape index (κ1) is 68.5. The Labute approximate surface area is 508 Å². The van der Waals surface area contributed by atoms with Crippen LogP contribution in [0.2, 0.25) is 0 Å². The van der Waals surface area contributed by atoms with Crippen LogP contribution in [-0.2, 0) is 57.0 Å². The Morgan fingerprint density at radius 1 is 0.534 bits per heavy atom. The summed E-state index contributed by atoms with van der Waals surface area (Å²) < 4.78 is 59.3. The molecule has 0 amide bonds. The lowest BCUT2D eigenvalue weighted by molar-refractivity contribution is -0.377. The number of rotatable bonds is 15. The van der Waals surface area contributed by atoms with Gasteiger partial charge in [0.1, 0.15) is 116 Å². The number of esters is 1.